The molecule has 0 aliphatic carbocycles. The first-order valence-electron chi connectivity index (χ1n) is 6.97. The number of rotatable bonds is 7. The second-order valence-electron chi connectivity index (χ2n) is 4.97. The summed E-state index contributed by atoms with van der Waals surface area (Å²) in [6.45, 7) is 10.5. The van der Waals surface area contributed by atoms with Crippen molar-refractivity contribution >= 4 is 5.91 Å². The van der Waals surface area contributed by atoms with Gasteiger partial charge in [0.1, 0.15) is 0 Å². The van der Waals surface area contributed by atoms with Crippen LogP contribution in [0.4, 0.5) is 0 Å². The highest BCUT2D eigenvalue weighted by Gasteiger charge is 2.21. The van der Waals surface area contributed by atoms with Gasteiger partial charge in [0.2, 0.25) is 5.91 Å². The second-order valence-corrected chi connectivity index (χ2v) is 4.97. The van der Waals surface area contributed by atoms with Crippen LogP contribution >= 0.6 is 0 Å². The molecule has 1 heterocycles. The summed E-state index contributed by atoms with van der Waals surface area (Å²) >= 11 is 0. The van der Waals surface area contributed by atoms with Gasteiger partial charge >= 0.3 is 0 Å². The molecule has 0 radical (unpaired) electrons. The lowest BCUT2D eigenvalue weighted by atomic mass is 9.98. The quantitative estimate of drug-likeness (QED) is 0.730. The molecule has 0 spiro atoms. The molecule has 0 fully saturated rings. The van der Waals surface area contributed by atoms with E-state index in [9.17, 15) is 4.79 Å². The summed E-state index contributed by atoms with van der Waals surface area (Å²) in [6, 6.07) is 0. The largest absolute Gasteiger partial charge is 0.354 e. The first kappa shape index (κ1) is 15.7. The van der Waals surface area contributed by atoms with Crippen molar-refractivity contribution in [2.45, 2.75) is 40.0 Å². The Hall–Kier alpha value is -1.36. The zero-order chi connectivity index (χ0) is 14.4. The first-order valence-corrected chi connectivity index (χ1v) is 6.97. The van der Waals surface area contributed by atoms with E-state index in [0.29, 0.717) is 6.54 Å². The molecule has 0 aliphatic heterocycles. The van der Waals surface area contributed by atoms with Crippen LogP contribution in [0.5, 0.6) is 0 Å². The number of carbonyl (C=O) groups is 1. The summed E-state index contributed by atoms with van der Waals surface area (Å²) in [5, 5.41) is 10.6. The molecule has 5 heteroatoms. The Kier molecular flexibility index (Phi) is 6.02. The van der Waals surface area contributed by atoms with Gasteiger partial charge in [-0.25, -0.2) is 0 Å². The molecular weight excluding hydrogens is 240 g/mol. The van der Waals surface area contributed by atoms with Gasteiger partial charge in [-0.15, -0.1) is 0 Å². The standard InChI is InChI=1S/C14H26N4O/c1-6-7-15-8-9-16-14(19)10(2)13-11(3)17-18(5)12(13)4/h10,15H,6-9H2,1-5H3,(H,16,19). The maximum atomic E-state index is 12.1. The van der Waals surface area contributed by atoms with E-state index in [-0.39, 0.29) is 11.8 Å². The number of aryl methyl sites for hydroxylation is 2. The molecule has 108 valence electrons. The molecule has 1 rings (SSSR count). The summed E-state index contributed by atoms with van der Waals surface area (Å²) in [5.74, 6) is -0.0858. The molecular formula is C14H26N4O. The van der Waals surface area contributed by atoms with Gasteiger partial charge < -0.3 is 10.6 Å². The van der Waals surface area contributed by atoms with E-state index in [1.807, 2.05) is 32.5 Å². The number of nitrogens with zero attached hydrogens (tertiary/aromatic N) is 2. The Morgan fingerprint density at radius 1 is 1.32 bits per heavy atom. The number of amides is 1. The molecule has 1 aromatic heterocycles. The third kappa shape index (κ3) is 4.06. The van der Waals surface area contributed by atoms with E-state index in [2.05, 4.69) is 22.7 Å². The number of carbonyl (C=O) groups excluding carboxylic acids is 1. The van der Waals surface area contributed by atoms with Crippen molar-refractivity contribution < 1.29 is 4.79 Å². The van der Waals surface area contributed by atoms with Gasteiger partial charge in [0, 0.05) is 31.4 Å². The molecule has 1 unspecified atom stereocenters. The Morgan fingerprint density at radius 2 is 2.00 bits per heavy atom. The highest BCUT2D eigenvalue weighted by Crippen LogP contribution is 2.22. The van der Waals surface area contributed by atoms with E-state index in [0.717, 1.165) is 36.5 Å². The lowest BCUT2D eigenvalue weighted by Gasteiger charge is -2.13. The van der Waals surface area contributed by atoms with Crippen molar-refractivity contribution in [3.05, 3.63) is 17.0 Å². The highest BCUT2D eigenvalue weighted by molar-refractivity contribution is 5.83. The molecule has 0 bridgehead atoms. The minimum atomic E-state index is -0.153. The van der Waals surface area contributed by atoms with Crippen molar-refractivity contribution in [1.29, 1.82) is 0 Å². The van der Waals surface area contributed by atoms with Crippen LogP contribution in [0, 0.1) is 13.8 Å². The Balaban J connectivity index is 2.52. The van der Waals surface area contributed by atoms with Crippen molar-refractivity contribution in [3.63, 3.8) is 0 Å². The van der Waals surface area contributed by atoms with Crippen LogP contribution in [-0.4, -0.2) is 35.3 Å². The van der Waals surface area contributed by atoms with E-state index < -0.39 is 0 Å². The monoisotopic (exact) mass is 266 g/mol. The summed E-state index contributed by atoms with van der Waals surface area (Å²) in [7, 11) is 1.91. The smallest absolute Gasteiger partial charge is 0.227 e. The molecule has 1 atom stereocenters. The number of nitrogens with one attached hydrogen (secondary N) is 2. The fraction of sp³-hybridized carbons (Fsp3) is 0.714. The average molecular weight is 266 g/mol. The topological polar surface area (TPSA) is 58.9 Å². The fourth-order valence-corrected chi connectivity index (χ4v) is 2.28. The van der Waals surface area contributed by atoms with E-state index in [1.165, 1.54) is 0 Å². The molecule has 0 aromatic carbocycles. The van der Waals surface area contributed by atoms with Crippen LogP contribution < -0.4 is 10.6 Å². The lowest BCUT2D eigenvalue weighted by Crippen LogP contribution is -2.34. The SMILES string of the molecule is CCCNCCNC(=O)C(C)c1c(C)nn(C)c1C. The molecule has 0 saturated heterocycles. The minimum Gasteiger partial charge on any atom is -0.354 e. The normalized spacial score (nSPS) is 12.5. The van der Waals surface area contributed by atoms with Gasteiger partial charge in [-0.05, 0) is 33.7 Å². The van der Waals surface area contributed by atoms with Gasteiger partial charge in [-0.3, -0.25) is 9.48 Å². The van der Waals surface area contributed by atoms with Crippen LogP contribution in [0.3, 0.4) is 0 Å². The fourth-order valence-electron chi connectivity index (χ4n) is 2.28. The molecule has 1 aromatic rings. The summed E-state index contributed by atoms with van der Waals surface area (Å²) in [4.78, 5) is 12.1. The van der Waals surface area contributed by atoms with Gasteiger partial charge in [-0.2, -0.15) is 5.10 Å². The van der Waals surface area contributed by atoms with Crippen molar-refractivity contribution in [2.24, 2.45) is 7.05 Å². The lowest BCUT2D eigenvalue weighted by molar-refractivity contribution is -0.122. The molecule has 1 amide bonds. The van der Waals surface area contributed by atoms with Crippen molar-refractivity contribution in [2.75, 3.05) is 19.6 Å². The Labute approximate surface area is 115 Å². The summed E-state index contributed by atoms with van der Waals surface area (Å²) < 4.78 is 1.83. The maximum absolute atomic E-state index is 12.1. The van der Waals surface area contributed by atoms with Crippen LogP contribution in [0.2, 0.25) is 0 Å². The first-order chi connectivity index (χ1) is 8.99. The zero-order valence-corrected chi connectivity index (χ0v) is 12.7. The van der Waals surface area contributed by atoms with E-state index in [4.69, 9.17) is 0 Å². The second kappa shape index (κ2) is 7.28. The van der Waals surface area contributed by atoms with Crippen molar-refractivity contribution in [3.8, 4) is 0 Å². The predicted molar refractivity (Wildman–Crippen MR) is 77.3 cm³/mol. The summed E-state index contributed by atoms with van der Waals surface area (Å²) in [6.07, 6.45) is 1.11. The third-order valence-electron chi connectivity index (χ3n) is 3.42. The molecule has 2 N–H and O–H groups in total. The van der Waals surface area contributed by atoms with Crippen LogP contribution in [0.25, 0.3) is 0 Å². The molecule has 0 aliphatic rings. The summed E-state index contributed by atoms with van der Waals surface area (Å²) in [5.41, 5.74) is 3.04. The Morgan fingerprint density at radius 3 is 2.53 bits per heavy atom. The third-order valence-corrected chi connectivity index (χ3v) is 3.42. The van der Waals surface area contributed by atoms with E-state index >= 15 is 0 Å². The predicted octanol–water partition coefficient (Wildman–Crippen LogP) is 1.26. The number of hydrogen-bond donors (Lipinski definition) is 2. The number of aromatic nitrogens is 2. The van der Waals surface area contributed by atoms with Crippen molar-refractivity contribution in [1.82, 2.24) is 20.4 Å². The van der Waals surface area contributed by atoms with Crippen LogP contribution in [0.15, 0.2) is 0 Å². The van der Waals surface area contributed by atoms with Crippen LogP contribution in [0.1, 0.15) is 43.1 Å². The van der Waals surface area contributed by atoms with Gasteiger partial charge in [0.25, 0.3) is 0 Å². The molecule has 5 nitrogen and oxygen atoms in total. The highest BCUT2D eigenvalue weighted by atomic mass is 16.1. The molecule has 0 saturated carbocycles. The zero-order valence-electron chi connectivity index (χ0n) is 12.7. The van der Waals surface area contributed by atoms with Gasteiger partial charge in [0.15, 0.2) is 0 Å². The minimum absolute atomic E-state index is 0.0671. The maximum Gasteiger partial charge on any atom is 0.227 e. The Bertz CT molecular complexity index is 425. The van der Waals surface area contributed by atoms with Gasteiger partial charge in [-0.1, -0.05) is 6.92 Å². The van der Waals surface area contributed by atoms with Crippen LogP contribution in [-0.2, 0) is 11.8 Å². The van der Waals surface area contributed by atoms with E-state index in [1.54, 1.807) is 0 Å². The number of hydrogen-bond acceptors (Lipinski definition) is 3. The average Bonchev–Trinajstić information content (AvgIpc) is 2.62. The van der Waals surface area contributed by atoms with Gasteiger partial charge in [0.05, 0.1) is 11.6 Å². The molecule has 19 heavy (non-hydrogen) atoms.